The van der Waals surface area contributed by atoms with Gasteiger partial charge in [0.2, 0.25) is 0 Å². The molecule has 66 valence electrons. The Morgan fingerprint density at radius 1 is 1.75 bits per heavy atom. The first-order valence-corrected chi connectivity index (χ1v) is 5.14. The molecular weight excluding hydrogens is 166 g/mol. The Morgan fingerprint density at radius 2 is 2.58 bits per heavy atom. The van der Waals surface area contributed by atoms with Crippen molar-refractivity contribution in [3.8, 4) is 0 Å². The second-order valence-electron chi connectivity index (χ2n) is 2.86. The van der Waals surface area contributed by atoms with Crippen LogP contribution in [0, 0.1) is 0 Å². The lowest BCUT2D eigenvalue weighted by Gasteiger charge is -2.07. The van der Waals surface area contributed by atoms with Gasteiger partial charge < -0.3 is 5.32 Å². The minimum atomic E-state index is 0.420. The molecule has 0 aliphatic carbocycles. The largest absolute Gasteiger partial charge is 0.310 e. The van der Waals surface area contributed by atoms with E-state index in [1.165, 1.54) is 5.56 Å². The van der Waals surface area contributed by atoms with Crippen LogP contribution >= 0.6 is 11.3 Å². The molecule has 0 aromatic carbocycles. The maximum atomic E-state index is 3.72. The van der Waals surface area contributed by atoms with E-state index in [-0.39, 0.29) is 0 Å². The summed E-state index contributed by atoms with van der Waals surface area (Å²) in [4.78, 5) is 0. The predicted molar refractivity (Wildman–Crippen MR) is 55.7 cm³/mol. The van der Waals surface area contributed by atoms with Crippen molar-refractivity contribution < 1.29 is 0 Å². The van der Waals surface area contributed by atoms with Gasteiger partial charge in [0.1, 0.15) is 0 Å². The van der Waals surface area contributed by atoms with E-state index in [9.17, 15) is 0 Å². The van der Waals surface area contributed by atoms with Gasteiger partial charge in [0.05, 0.1) is 0 Å². The molecule has 1 nitrogen and oxygen atoms in total. The smallest absolute Gasteiger partial charge is 0.0219 e. The fourth-order valence-electron chi connectivity index (χ4n) is 0.962. The fourth-order valence-corrected chi connectivity index (χ4v) is 1.67. The number of thiophene rings is 1. The summed E-state index contributed by atoms with van der Waals surface area (Å²) in [5.41, 5.74) is 1.42. The number of hydrogen-bond donors (Lipinski definition) is 1. The van der Waals surface area contributed by atoms with E-state index in [4.69, 9.17) is 0 Å². The summed E-state index contributed by atoms with van der Waals surface area (Å²) in [5, 5.41) is 7.67. The predicted octanol–water partition coefficient (Wildman–Crippen LogP) is 2.45. The Bertz CT molecular complexity index is 216. The van der Waals surface area contributed by atoms with Crippen molar-refractivity contribution >= 4 is 11.3 Å². The molecule has 1 heterocycles. The van der Waals surface area contributed by atoms with Crippen LogP contribution in [0.5, 0.6) is 0 Å². The first-order chi connectivity index (χ1) is 5.83. The van der Waals surface area contributed by atoms with Gasteiger partial charge >= 0.3 is 0 Å². The van der Waals surface area contributed by atoms with Crippen molar-refractivity contribution in [1.82, 2.24) is 5.32 Å². The molecule has 0 aliphatic heterocycles. The second kappa shape index (κ2) is 5.12. The zero-order chi connectivity index (χ0) is 8.81. The Morgan fingerprint density at radius 3 is 3.17 bits per heavy atom. The third kappa shape index (κ3) is 3.20. The first-order valence-electron chi connectivity index (χ1n) is 4.20. The van der Waals surface area contributed by atoms with Gasteiger partial charge in [0, 0.05) is 6.04 Å². The second-order valence-corrected chi connectivity index (χ2v) is 3.64. The van der Waals surface area contributed by atoms with E-state index in [1.807, 2.05) is 6.08 Å². The minimum absolute atomic E-state index is 0.420. The maximum absolute atomic E-state index is 3.72. The van der Waals surface area contributed by atoms with Crippen LogP contribution in [0.15, 0.2) is 29.5 Å². The molecule has 1 aromatic heterocycles. The van der Waals surface area contributed by atoms with Crippen molar-refractivity contribution in [2.45, 2.75) is 19.4 Å². The molecule has 0 bridgehead atoms. The molecule has 0 amide bonds. The third-order valence-corrected chi connectivity index (χ3v) is 2.55. The Labute approximate surface area is 78.1 Å². The molecule has 1 atom stereocenters. The lowest BCUT2D eigenvalue weighted by molar-refractivity contribution is 0.634. The molecule has 2 heteroatoms. The van der Waals surface area contributed by atoms with Crippen molar-refractivity contribution in [3.05, 3.63) is 35.0 Å². The zero-order valence-corrected chi connectivity index (χ0v) is 8.23. The highest BCUT2D eigenvalue weighted by molar-refractivity contribution is 7.07. The Hall–Kier alpha value is -0.600. The molecule has 0 radical (unpaired) electrons. The summed E-state index contributed by atoms with van der Waals surface area (Å²) in [6, 6.07) is 2.59. The third-order valence-electron chi connectivity index (χ3n) is 1.81. The van der Waals surface area contributed by atoms with E-state index >= 15 is 0 Å². The number of nitrogens with one attached hydrogen (secondary N) is 1. The lowest BCUT2D eigenvalue weighted by Crippen LogP contribution is -2.25. The molecule has 1 unspecified atom stereocenters. The minimum Gasteiger partial charge on any atom is -0.310 e. The topological polar surface area (TPSA) is 12.0 Å². The van der Waals surface area contributed by atoms with Crippen LogP contribution in [0.25, 0.3) is 0 Å². The van der Waals surface area contributed by atoms with Crippen LogP contribution in [0.4, 0.5) is 0 Å². The molecule has 0 fully saturated rings. The summed E-state index contributed by atoms with van der Waals surface area (Å²) in [7, 11) is 0. The van der Waals surface area contributed by atoms with Crippen LogP contribution in [-0.2, 0) is 6.42 Å². The van der Waals surface area contributed by atoms with Gasteiger partial charge in [-0.05, 0) is 42.3 Å². The van der Waals surface area contributed by atoms with Gasteiger partial charge in [-0.25, -0.2) is 0 Å². The lowest BCUT2D eigenvalue weighted by atomic mass is 10.2. The quantitative estimate of drug-likeness (QED) is 0.688. The maximum Gasteiger partial charge on any atom is 0.0219 e. The summed E-state index contributed by atoms with van der Waals surface area (Å²) < 4.78 is 0. The van der Waals surface area contributed by atoms with Crippen LogP contribution in [-0.4, -0.2) is 12.6 Å². The fraction of sp³-hybridized carbons (Fsp3) is 0.400. The van der Waals surface area contributed by atoms with Gasteiger partial charge in [-0.15, -0.1) is 6.58 Å². The number of hydrogen-bond acceptors (Lipinski definition) is 2. The van der Waals surface area contributed by atoms with E-state index < -0.39 is 0 Å². The summed E-state index contributed by atoms with van der Waals surface area (Å²) in [6.45, 7) is 6.86. The van der Waals surface area contributed by atoms with E-state index in [0.29, 0.717) is 6.04 Å². The van der Waals surface area contributed by atoms with E-state index in [1.54, 1.807) is 11.3 Å². The average Bonchev–Trinajstić information content (AvgIpc) is 2.57. The summed E-state index contributed by atoms with van der Waals surface area (Å²) in [6.07, 6.45) is 3.04. The molecule has 0 saturated carbocycles. The standard InChI is InChI=1S/C10H15NS/c1-3-9(2)11-6-4-10-5-7-12-8-10/h3,5,7-9,11H,1,4,6H2,2H3. The highest BCUT2D eigenvalue weighted by atomic mass is 32.1. The number of rotatable bonds is 5. The van der Waals surface area contributed by atoms with Gasteiger partial charge in [0.25, 0.3) is 0 Å². The van der Waals surface area contributed by atoms with Crippen LogP contribution < -0.4 is 5.32 Å². The van der Waals surface area contributed by atoms with E-state index in [2.05, 4.69) is 35.6 Å². The summed E-state index contributed by atoms with van der Waals surface area (Å²) in [5.74, 6) is 0. The normalized spacial score (nSPS) is 12.8. The highest BCUT2D eigenvalue weighted by Crippen LogP contribution is 2.05. The molecular formula is C10H15NS. The van der Waals surface area contributed by atoms with Gasteiger partial charge in [0.15, 0.2) is 0 Å². The van der Waals surface area contributed by atoms with E-state index in [0.717, 1.165) is 13.0 Å². The molecule has 0 aliphatic rings. The van der Waals surface area contributed by atoms with Gasteiger partial charge in [-0.2, -0.15) is 11.3 Å². The van der Waals surface area contributed by atoms with Crippen LogP contribution in [0.2, 0.25) is 0 Å². The molecule has 0 saturated heterocycles. The average molecular weight is 181 g/mol. The zero-order valence-electron chi connectivity index (χ0n) is 7.42. The van der Waals surface area contributed by atoms with Crippen molar-refractivity contribution in [1.29, 1.82) is 0 Å². The molecule has 12 heavy (non-hydrogen) atoms. The molecule has 1 N–H and O–H groups in total. The Kier molecular flexibility index (Phi) is 4.05. The molecule has 0 spiro atoms. The first kappa shape index (κ1) is 9.49. The van der Waals surface area contributed by atoms with Gasteiger partial charge in [-0.1, -0.05) is 6.08 Å². The van der Waals surface area contributed by atoms with Crippen molar-refractivity contribution in [3.63, 3.8) is 0 Å². The molecule has 1 aromatic rings. The molecule has 1 rings (SSSR count). The van der Waals surface area contributed by atoms with Crippen molar-refractivity contribution in [2.24, 2.45) is 0 Å². The SMILES string of the molecule is C=CC(C)NCCc1ccsc1. The highest BCUT2D eigenvalue weighted by Gasteiger charge is 1.95. The summed E-state index contributed by atoms with van der Waals surface area (Å²) >= 11 is 1.76. The van der Waals surface area contributed by atoms with Crippen LogP contribution in [0.3, 0.4) is 0 Å². The van der Waals surface area contributed by atoms with Crippen LogP contribution in [0.1, 0.15) is 12.5 Å². The Balaban J connectivity index is 2.15. The monoisotopic (exact) mass is 181 g/mol. The van der Waals surface area contributed by atoms with Gasteiger partial charge in [-0.3, -0.25) is 0 Å². The van der Waals surface area contributed by atoms with Crippen molar-refractivity contribution in [2.75, 3.05) is 6.54 Å².